The Labute approximate surface area is 151 Å². The van der Waals surface area contributed by atoms with Gasteiger partial charge in [0.25, 0.3) is 0 Å². The number of aromatic nitrogens is 1. The fourth-order valence-corrected chi connectivity index (χ4v) is 3.48. The van der Waals surface area contributed by atoms with E-state index in [1.807, 2.05) is 19.1 Å². The van der Waals surface area contributed by atoms with Gasteiger partial charge in [-0.2, -0.15) is 5.26 Å². The molecule has 0 N–H and O–H groups in total. The number of aryl methyl sites for hydroxylation is 1. The summed E-state index contributed by atoms with van der Waals surface area (Å²) in [5, 5.41) is 9.25. The van der Waals surface area contributed by atoms with Crippen LogP contribution in [-0.2, 0) is 9.84 Å². The molecule has 0 bridgehead atoms. The maximum absolute atomic E-state index is 14.3. The van der Waals surface area contributed by atoms with E-state index in [4.69, 9.17) is 0 Å². The quantitative estimate of drug-likeness (QED) is 0.698. The predicted octanol–water partition coefficient (Wildman–Crippen LogP) is 4.14. The fourth-order valence-electron chi connectivity index (χ4n) is 2.76. The third-order valence-corrected chi connectivity index (χ3v) is 5.26. The van der Waals surface area contributed by atoms with E-state index in [0.29, 0.717) is 16.7 Å². The van der Waals surface area contributed by atoms with Crippen LogP contribution in [0.2, 0.25) is 0 Å². The Bertz CT molecular complexity index is 1150. The number of rotatable bonds is 3. The van der Waals surface area contributed by atoms with Gasteiger partial charge in [0.05, 0.1) is 11.6 Å². The van der Waals surface area contributed by atoms with Crippen LogP contribution in [-0.4, -0.2) is 19.7 Å². The number of sulfone groups is 1. The standard InChI is InChI=1S/C20H15FN2O2S/c1-13-3-4-14(9-16(13)11-22)17-7-8-23-12-18(17)15-5-6-20(19(21)10-15)26(2,24)25/h3-10,12H,1-2H3. The minimum absolute atomic E-state index is 0.339. The molecule has 26 heavy (non-hydrogen) atoms. The Hall–Kier alpha value is -3.04. The molecule has 0 saturated heterocycles. The summed E-state index contributed by atoms with van der Waals surface area (Å²) in [5.41, 5.74) is 4.18. The first-order chi connectivity index (χ1) is 12.3. The first-order valence-electron chi connectivity index (χ1n) is 7.76. The molecule has 1 heterocycles. The molecule has 0 saturated carbocycles. The molecule has 2 aromatic carbocycles. The lowest BCUT2D eigenvalue weighted by atomic mass is 9.94. The van der Waals surface area contributed by atoms with E-state index in [-0.39, 0.29) is 4.90 Å². The van der Waals surface area contributed by atoms with E-state index in [9.17, 15) is 18.1 Å². The average Bonchev–Trinajstić information content (AvgIpc) is 2.61. The predicted molar refractivity (Wildman–Crippen MR) is 97.6 cm³/mol. The van der Waals surface area contributed by atoms with Crippen LogP contribution in [0.25, 0.3) is 22.3 Å². The summed E-state index contributed by atoms with van der Waals surface area (Å²) >= 11 is 0. The zero-order valence-electron chi connectivity index (χ0n) is 14.2. The van der Waals surface area contributed by atoms with Crippen molar-refractivity contribution in [2.24, 2.45) is 0 Å². The van der Waals surface area contributed by atoms with E-state index in [1.54, 1.807) is 30.6 Å². The smallest absolute Gasteiger partial charge is 0.178 e. The van der Waals surface area contributed by atoms with E-state index in [2.05, 4.69) is 11.1 Å². The minimum atomic E-state index is -3.64. The van der Waals surface area contributed by atoms with Gasteiger partial charge in [-0.25, -0.2) is 12.8 Å². The van der Waals surface area contributed by atoms with Crippen molar-refractivity contribution in [3.63, 3.8) is 0 Å². The molecule has 0 fully saturated rings. The van der Waals surface area contributed by atoms with Crippen molar-refractivity contribution in [1.29, 1.82) is 5.26 Å². The molecular weight excluding hydrogens is 351 g/mol. The molecule has 0 spiro atoms. The lowest BCUT2D eigenvalue weighted by Crippen LogP contribution is -2.01. The van der Waals surface area contributed by atoms with Crippen molar-refractivity contribution < 1.29 is 12.8 Å². The highest BCUT2D eigenvalue weighted by atomic mass is 32.2. The number of hydrogen-bond donors (Lipinski definition) is 0. The zero-order valence-corrected chi connectivity index (χ0v) is 15.0. The van der Waals surface area contributed by atoms with Crippen LogP contribution in [0.1, 0.15) is 11.1 Å². The van der Waals surface area contributed by atoms with Gasteiger partial charge in [-0.1, -0.05) is 18.2 Å². The van der Waals surface area contributed by atoms with Crippen LogP contribution < -0.4 is 0 Å². The number of nitrogens with zero attached hydrogens (tertiary/aromatic N) is 2. The van der Waals surface area contributed by atoms with Gasteiger partial charge in [0.15, 0.2) is 9.84 Å². The molecule has 0 amide bonds. The molecule has 0 unspecified atom stereocenters. The molecule has 0 aliphatic heterocycles. The fraction of sp³-hybridized carbons (Fsp3) is 0.100. The van der Waals surface area contributed by atoms with Gasteiger partial charge >= 0.3 is 0 Å². The summed E-state index contributed by atoms with van der Waals surface area (Å²) in [6.45, 7) is 1.86. The molecule has 0 atom stereocenters. The Kier molecular flexibility index (Phi) is 4.58. The number of pyridine rings is 1. The SMILES string of the molecule is Cc1ccc(-c2ccncc2-c2ccc(S(C)(=O)=O)c(F)c2)cc1C#N. The van der Waals surface area contributed by atoms with Gasteiger partial charge in [-0.3, -0.25) is 4.98 Å². The highest BCUT2D eigenvalue weighted by Crippen LogP contribution is 2.33. The van der Waals surface area contributed by atoms with Crippen LogP contribution in [0.15, 0.2) is 59.8 Å². The Morgan fingerprint density at radius 3 is 2.38 bits per heavy atom. The first kappa shape index (κ1) is 17.8. The third kappa shape index (κ3) is 3.35. The van der Waals surface area contributed by atoms with Crippen molar-refractivity contribution in [1.82, 2.24) is 4.98 Å². The first-order valence-corrected chi connectivity index (χ1v) is 9.65. The van der Waals surface area contributed by atoms with Gasteiger partial charge in [0.1, 0.15) is 10.7 Å². The summed E-state index contributed by atoms with van der Waals surface area (Å²) < 4.78 is 37.5. The highest BCUT2D eigenvalue weighted by Gasteiger charge is 2.16. The number of benzene rings is 2. The van der Waals surface area contributed by atoms with E-state index in [0.717, 1.165) is 22.9 Å². The maximum atomic E-state index is 14.3. The van der Waals surface area contributed by atoms with Crippen LogP contribution in [0.4, 0.5) is 4.39 Å². The van der Waals surface area contributed by atoms with Crippen LogP contribution in [0, 0.1) is 24.1 Å². The van der Waals surface area contributed by atoms with Crippen LogP contribution in [0.5, 0.6) is 0 Å². The lowest BCUT2D eigenvalue weighted by molar-refractivity contribution is 0.571. The molecule has 0 aliphatic carbocycles. The Morgan fingerprint density at radius 2 is 1.73 bits per heavy atom. The zero-order chi connectivity index (χ0) is 18.9. The van der Waals surface area contributed by atoms with Gasteiger partial charge in [-0.15, -0.1) is 0 Å². The molecule has 6 heteroatoms. The van der Waals surface area contributed by atoms with Gasteiger partial charge in [-0.05, 0) is 53.4 Å². The van der Waals surface area contributed by atoms with E-state index >= 15 is 0 Å². The van der Waals surface area contributed by atoms with Crippen molar-refractivity contribution in [2.45, 2.75) is 11.8 Å². The second kappa shape index (κ2) is 6.70. The highest BCUT2D eigenvalue weighted by molar-refractivity contribution is 7.90. The summed E-state index contributed by atoms with van der Waals surface area (Å²) in [5.74, 6) is -0.804. The second-order valence-corrected chi connectivity index (χ2v) is 7.96. The summed E-state index contributed by atoms with van der Waals surface area (Å²) in [4.78, 5) is 3.76. The number of nitriles is 1. The van der Waals surface area contributed by atoms with E-state index < -0.39 is 15.7 Å². The topological polar surface area (TPSA) is 70.8 Å². The Balaban J connectivity index is 2.18. The Morgan fingerprint density at radius 1 is 1.04 bits per heavy atom. The molecule has 0 aliphatic rings. The molecule has 1 aromatic heterocycles. The van der Waals surface area contributed by atoms with E-state index in [1.165, 1.54) is 12.1 Å². The maximum Gasteiger partial charge on any atom is 0.178 e. The van der Waals surface area contributed by atoms with Gasteiger partial charge < -0.3 is 0 Å². The van der Waals surface area contributed by atoms with Gasteiger partial charge in [0.2, 0.25) is 0 Å². The third-order valence-electron chi connectivity index (χ3n) is 4.13. The molecular formula is C20H15FN2O2S. The summed E-state index contributed by atoms with van der Waals surface area (Å²) in [6.07, 6.45) is 4.18. The van der Waals surface area contributed by atoms with Gasteiger partial charge in [0, 0.05) is 24.2 Å². The van der Waals surface area contributed by atoms with Crippen molar-refractivity contribution in [2.75, 3.05) is 6.26 Å². The normalized spacial score (nSPS) is 11.2. The second-order valence-electron chi connectivity index (χ2n) is 5.98. The van der Waals surface area contributed by atoms with Crippen molar-refractivity contribution >= 4 is 9.84 Å². The molecule has 3 rings (SSSR count). The number of halogens is 1. The number of hydrogen-bond acceptors (Lipinski definition) is 4. The molecule has 4 nitrogen and oxygen atoms in total. The minimum Gasteiger partial charge on any atom is -0.264 e. The summed E-state index contributed by atoms with van der Waals surface area (Å²) in [7, 11) is -3.64. The molecule has 0 radical (unpaired) electrons. The van der Waals surface area contributed by atoms with Crippen LogP contribution >= 0.6 is 0 Å². The molecule has 3 aromatic rings. The van der Waals surface area contributed by atoms with Crippen molar-refractivity contribution in [3.8, 4) is 28.3 Å². The molecule has 130 valence electrons. The monoisotopic (exact) mass is 366 g/mol. The lowest BCUT2D eigenvalue weighted by Gasteiger charge is -2.11. The van der Waals surface area contributed by atoms with Crippen molar-refractivity contribution in [3.05, 3.63) is 71.8 Å². The average molecular weight is 366 g/mol. The largest absolute Gasteiger partial charge is 0.264 e. The van der Waals surface area contributed by atoms with Crippen LogP contribution in [0.3, 0.4) is 0 Å². The summed E-state index contributed by atoms with van der Waals surface area (Å²) in [6, 6.07) is 13.5.